The lowest BCUT2D eigenvalue weighted by Gasteiger charge is -2.16. The SMILES string of the molecule is CN(Cc1cccs1)C(=O)c1cc(Br)cn1C. The molecule has 0 saturated carbocycles. The molecule has 0 spiro atoms. The van der Waals surface area contributed by atoms with E-state index >= 15 is 0 Å². The van der Waals surface area contributed by atoms with Crippen molar-refractivity contribution in [2.24, 2.45) is 7.05 Å². The fourth-order valence-corrected chi connectivity index (χ4v) is 2.92. The molecule has 2 heterocycles. The van der Waals surface area contributed by atoms with Crippen LogP contribution in [0.4, 0.5) is 0 Å². The molecule has 2 rings (SSSR count). The average Bonchev–Trinajstić information content (AvgIpc) is 2.87. The van der Waals surface area contributed by atoms with Crippen molar-refractivity contribution in [3.05, 3.63) is 44.8 Å². The molecule has 0 atom stereocenters. The van der Waals surface area contributed by atoms with E-state index < -0.39 is 0 Å². The molecule has 0 aliphatic heterocycles. The summed E-state index contributed by atoms with van der Waals surface area (Å²) in [6.07, 6.45) is 1.88. The van der Waals surface area contributed by atoms with Gasteiger partial charge in [0, 0.05) is 29.6 Å². The number of carbonyl (C=O) groups excluding carboxylic acids is 1. The van der Waals surface area contributed by atoms with Gasteiger partial charge >= 0.3 is 0 Å². The van der Waals surface area contributed by atoms with Gasteiger partial charge in [0.25, 0.3) is 5.91 Å². The smallest absolute Gasteiger partial charge is 0.270 e. The Kier molecular flexibility index (Phi) is 3.69. The normalized spacial score (nSPS) is 10.5. The zero-order valence-corrected chi connectivity index (χ0v) is 12.1. The van der Waals surface area contributed by atoms with E-state index in [4.69, 9.17) is 0 Å². The Balaban J connectivity index is 2.12. The van der Waals surface area contributed by atoms with Gasteiger partial charge in [-0.15, -0.1) is 11.3 Å². The number of nitrogens with zero attached hydrogens (tertiary/aromatic N) is 2. The van der Waals surface area contributed by atoms with Crippen molar-refractivity contribution >= 4 is 33.2 Å². The van der Waals surface area contributed by atoms with Gasteiger partial charge in [-0.05, 0) is 33.4 Å². The molecule has 90 valence electrons. The largest absolute Gasteiger partial charge is 0.345 e. The first-order valence-electron chi connectivity index (χ1n) is 5.17. The number of thiophene rings is 1. The first-order valence-corrected chi connectivity index (χ1v) is 6.85. The van der Waals surface area contributed by atoms with Crippen molar-refractivity contribution in [1.82, 2.24) is 9.47 Å². The van der Waals surface area contributed by atoms with Crippen LogP contribution in [0.1, 0.15) is 15.4 Å². The van der Waals surface area contributed by atoms with Crippen LogP contribution in [0.3, 0.4) is 0 Å². The molecule has 0 saturated heterocycles. The fourth-order valence-electron chi connectivity index (χ4n) is 1.64. The van der Waals surface area contributed by atoms with Crippen molar-refractivity contribution in [1.29, 1.82) is 0 Å². The second kappa shape index (κ2) is 5.06. The van der Waals surface area contributed by atoms with Crippen LogP contribution in [0.2, 0.25) is 0 Å². The molecule has 0 bridgehead atoms. The minimum Gasteiger partial charge on any atom is -0.345 e. The average molecular weight is 313 g/mol. The zero-order chi connectivity index (χ0) is 12.4. The van der Waals surface area contributed by atoms with Crippen LogP contribution in [0, 0.1) is 0 Å². The number of aromatic nitrogens is 1. The number of hydrogen-bond acceptors (Lipinski definition) is 2. The maximum atomic E-state index is 12.2. The van der Waals surface area contributed by atoms with Crippen LogP contribution < -0.4 is 0 Å². The summed E-state index contributed by atoms with van der Waals surface area (Å²) < 4.78 is 2.75. The lowest BCUT2D eigenvalue weighted by atomic mass is 10.3. The Morgan fingerprint density at radius 3 is 2.88 bits per heavy atom. The summed E-state index contributed by atoms with van der Waals surface area (Å²) in [7, 11) is 3.69. The minimum absolute atomic E-state index is 0.0339. The van der Waals surface area contributed by atoms with Crippen molar-refractivity contribution < 1.29 is 4.79 Å². The summed E-state index contributed by atoms with van der Waals surface area (Å²) in [6, 6.07) is 5.88. The Hall–Kier alpha value is -1.07. The second-order valence-electron chi connectivity index (χ2n) is 3.90. The summed E-state index contributed by atoms with van der Waals surface area (Å²) in [6.45, 7) is 0.652. The topological polar surface area (TPSA) is 25.2 Å². The third kappa shape index (κ3) is 2.79. The Morgan fingerprint density at radius 1 is 1.59 bits per heavy atom. The highest BCUT2D eigenvalue weighted by atomic mass is 79.9. The van der Waals surface area contributed by atoms with Crippen LogP contribution in [0.5, 0.6) is 0 Å². The Morgan fingerprint density at radius 2 is 2.35 bits per heavy atom. The molecule has 1 amide bonds. The van der Waals surface area contributed by atoms with E-state index in [0.717, 1.165) is 4.47 Å². The van der Waals surface area contributed by atoms with Crippen LogP contribution >= 0.6 is 27.3 Å². The third-order valence-corrected chi connectivity index (χ3v) is 3.81. The maximum absolute atomic E-state index is 12.2. The van der Waals surface area contributed by atoms with Crippen LogP contribution in [-0.4, -0.2) is 22.4 Å². The van der Waals surface area contributed by atoms with Gasteiger partial charge in [0.2, 0.25) is 0 Å². The van der Waals surface area contributed by atoms with E-state index in [-0.39, 0.29) is 5.91 Å². The molecule has 0 unspecified atom stereocenters. The quantitative estimate of drug-likeness (QED) is 0.855. The van der Waals surface area contributed by atoms with Crippen molar-refractivity contribution in [2.75, 3.05) is 7.05 Å². The third-order valence-electron chi connectivity index (χ3n) is 2.51. The predicted molar refractivity (Wildman–Crippen MR) is 73.2 cm³/mol. The zero-order valence-electron chi connectivity index (χ0n) is 9.68. The molecule has 0 aliphatic rings. The van der Waals surface area contributed by atoms with Crippen LogP contribution in [0.15, 0.2) is 34.2 Å². The van der Waals surface area contributed by atoms with Crippen molar-refractivity contribution in [3.63, 3.8) is 0 Å². The molecule has 2 aromatic rings. The molecule has 0 aliphatic carbocycles. The molecule has 0 fully saturated rings. The van der Waals surface area contributed by atoms with Gasteiger partial charge < -0.3 is 9.47 Å². The highest BCUT2D eigenvalue weighted by molar-refractivity contribution is 9.10. The van der Waals surface area contributed by atoms with Gasteiger partial charge in [-0.3, -0.25) is 4.79 Å². The van der Waals surface area contributed by atoms with Gasteiger partial charge in [0.15, 0.2) is 0 Å². The van der Waals surface area contributed by atoms with Gasteiger partial charge in [-0.25, -0.2) is 0 Å². The Labute approximate surface area is 113 Å². The summed E-state index contributed by atoms with van der Waals surface area (Å²) in [5, 5.41) is 2.02. The van der Waals surface area contributed by atoms with E-state index in [1.54, 1.807) is 16.2 Å². The summed E-state index contributed by atoms with van der Waals surface area (Å²) in [5.41, 5.74) is 0.691. The Bertz CT molecular complexity index is 519. The van der Waals surface area contributed by atoms with E-state index in [9.17, 15) is 4.79 Å². The molecule has 0 aromatic carbocycles. The fraction of sp³-hybridized carbons (Fsp3) is 0.250. The van der Waals surface area contributed by atoms with E-state index in [0.29, 0.717) is 12.2 Å². The molecule has 17 heavy (non-hydrogen) atoms. The molecule has 0 N–H and O–H groups in total. The van der Waals surface area contributed by atoms with E-state index in [1.165, 1.54) is 4.88 Å². The first-order chi connectivity index (χ1) is 8.08. The highest BCUT2D eigenvalue weighted by Gasteiger charge is 2.16. The van der Waals surface area contributed by atoms with Crippen LogP contribution in [0.25, 0.3) is 0 Å². The minimum atomic E-state index is 0.0339. The molecular weight excluding hydrogens is 300 g/mol. The predicted octanol–water partition coefficient (Wildman–Crippen LogP) is 3.12. The number of amides is 1. The molecule has 2 aromatic heterocycles. The van der Waals surface area contributed by atoms with Crippen molar-refractivity contribution in [3.8, 4) is 0 Å². The monoisotopic (exact) mass is 312 g/mol. The number of hydrogen-bond donors (Lipinski definition) is 0. The molecule has 3 nitrogen and oxygen atoms in total. The maximum Gasteiger partial charge on any atom is 0.270 e. The second-order valence-corrected chi connectivity index (χ2v) is 5.84. The lowest BCUT2D eigenvalue weighted by Crippen LogP contribution is -2.27. The summed E-state index contributed by atoms with van der Waals surface area (Å²) in [5.74, 6) is 0.0339. The number of carbonyl (C=O) groups is 1. The standard InChI is InChI=1S/C12H13BrN2OS/c1-14-7-9(13)6-11(14)12(16)15(2)8-10-4-3-5-17-10/h3-7H,8H2,1-2H3. The van der Waals surface area contributed by atoms with Gasteiger partial charge in [-0.1, -0.05) is 6.07 Å². The number of aryl methyl sites for hydroxylation is 1. The molecule has 0 radical (unpaired) electrons. The van der Waals surface area contributed by atoms with Gasteiger partial charge in [0.05, 0.1) is 6.54 Å². The summed E-state index contributed by atoms with van der Waals surface area (Å²) in [4.78, 5) is 15.1. The molecular formula is C12H13BrN2OS. The van der Waals surface area contributed by atoms with Crippen LogP contribution in [-0.2, 0) is 13.6 Å². The van der Waals surface area contributed by atoms with Gasteiger partial charge in [-0.2, -0.15) is 0 Å². The van der Waals surface area contributed by atoms with Crippen molar-refractivity contribution in [2.45, 2.75) is 6.54 Å². The number of rotatable bonds is 3. The van der Waals surface area contributed by atoms with E-state index in [1.807, 2.05) is 48.4 Å². The van der Waals surface area contributed by atoms with Gasteiger partial charge in [0.1, 0.15) is 5.69 Å². The van der Waals surface area contributed by atoms with E-state index in [2.05, 4.69) is 15.9 Å². The lowest BCUT2D eigenvalue weighted by molar-refractivity contribution is 0.0777. The number of halogens is 1. The summed E-state index contributed by atoms with van der Waals surface area (Å²) >= 11 is 5.03. The molecule has 5 heteroatoms. The first kappa shape index (κ1) is 12.4. The highest BCUT2D eigenvalue weighted by Crippen LogP contribution is 2.17.